The Morgan fingerprint density at radius 2 is 2.31 bits per heavy atom. The third-order valence-corrected chi connectivity index (χ3v) is 4.40. The van der Waals surface area contributed by atoms with Gasteiger partial charge in [0.1, 0.15) is 0 Å². The van der Waals surface area contributed by atoms with Crippen LogP contribution in [-0.4, -0.2) is 21.4 Å². The molecule has 0 radical (unpaired) electrons. The number of rotatable bonds is 0. The van der Waals surface area contributed by atoms with E-state index in [-0.39, 0.29) is 5.96 Å². The molecule has 0 bridgehead atoms. The second-order valence-corrected chi connectivity index (χ2v) is 5.22. The van der Waals surface area contributed by atoms with Gasteiger partial charge in [0.05, 0.1) is 5.69 Å². The Bertz CT molecular complexity index is 460. The van der Waals surface area contributed by atoms with Crippen LogP contribution in [-0.2, 0) is 10.0 Å². The van der Waals surface area contributed by atoms with Crippen molar-refractivity contribution in [2.24, 2.45) is 4.99 Å². The number of fused-ring (bicyclic) bond motifs is 1. The predicted molar refractivity (Wildman–Crippen MR) is 51.6 cm³/mol. The van der Waals surface area contributed by atoms with Gasteiger partial charge in [-0.1, -0.05) is 0 Å². The highest BCUT2D eigenvalue weighted by atomic mass is 32.2. The highest BCUT2D eigenvalue weighted by molar-refractivity contribution is 7.92. The van der Waals surface area contributed by atoms with Crippen LogP contribution in [0, 0.1) is 0 Å². The number of sulfonamides is 1. The van der Waals surface area contributed by atoms with E-state index in [0.29, 0.717) is 9.90 Å². The first-order valence-corrected chi connectivity index (χ1v) is 5.84. The lowest BCUT2D eigenvalue weighted by Crippen LogP contribution is -2.39. The van der Waals surface area contributed by atoms with Crippen molar-refractivity contribution in [3.8, 4) is 0 Å². The summed E-state index contributed by atoms with van der Waals surface area (Å²) in [7, 11) is -1.87. The number of hydrogen-bond donors (Lipinski definition) is 2. The normalized spacial score (nSPS) is 21.8. The molecule has 1 aliphatic rings. The SMILES string of the molecule is CN=C1Nc2ccsc2S(=O)(=O)N1. The molecule has 0 aliphatic carbocycles. The molecular weight excluding hydrogens is 210 g/mol. The number of nitrogens with one attached hydrogen (secondary N) is 2. The average Bonchev–Trinajstić information content (AvgIpc) is 2.51. The third-order valence-electron chi connectivity index (χ3n) is 1.58. The fourth-order valence-electron chi connectivity index (χ4n) is 1.02. The molecule has 0 fully saturated rings. The van der Waals surface area contributed by atoms with Crippen molar-refractivity contribution in [2.75, 3.05) is 12.4 Å². The van der Waals surface area contributed by atoms with E-state index >= 15 is 0 Å². The van der Waals surface area contributed by atoms with Gasteiger partial charge in [-0.25, -0.2) is 13.1 Å². The van der Waals surface area contributed by atoms with Crippen LogP contribution in [0.4, 0.5) is 5.69 Å². The van der Waals surface area contributed by atoms with E-state index < -0.39 is 10.0 Å². The molecular formula is C6H7N3O2S2. The van der Waals surface area contributed by atoms with Gasteiger partial charge in [-0.15, -0.1) is 11.3 Å². The Morgan fingerprint density at radius 1 is 1.54 bits per heavy atom. The number of thiophene rings is 1. The molecule has 0 saturated heterocycles. The highest BCUT2D eigenvalue weighted by Crippen LogP contribution is 2.29. The summed E-state index contributed by atoms with van der Waals surface area (Å²) in [5, 5.41) is 4.57. The minimum absolute atomic E-state index is 0.255. The van der Waals surface area contributed by atoms with Crippen LogP contribution in [0.1, 0.15) is 0 Å². The van der Waals surface area contributed by atoms with Crippen molar-refractivity contribution >= 4 is 33.0 Å². The minimum Gasteiger partial charge on any atom is -0.324 e. The molecule has 0 saturated carbocycles. The van der Waals surface area contributed by atoms with Crippen molar-refractivity contribution in [3.63, 3.8) is 0 Å². The summed E-state index contributed by atoms with van der Waals surface area (Å²) in [6.07, 6.45) is 0. The summed E-state index contributed by atoms with van der Waals surface area (Å²) < 4.78 is 25.6. The number of anilines is 1. The van der Waals surface area contributed by atoms with Crippen molar-refractivity contribution in [1.82, 2.24) is 4.72 Å². The van der Waals surface area contributed by atoms with Gasteiger partial charge >= 0.3 is 0 Å². The van der Waals surface area contributed by atoms with Crippen molar-refractivity contribution in [2.45, 2.75) is 4.21 Å². The summed E-state index contributed by atoms with van der Waals surface area (Å²) in [6, 6.07) is 1.71. The lowest BCUT2D eigenvalue weighted by molar-refractivity contribution is 0.594. The molecule has 2 heterocycles. The monoisotopic (exact) mass is 217 g/mol. The fourth-order valence-corrected chi connectivity index (χ4v) is 3.29. The van der Waals surface area contributed by atoms with Crippen molar-refractivity contribution < 1.29 is 8.42 Å². The second kappa shape index (κ2) is 2.71. The first kappa shape index (κ1) is 8.52. The Labute approximate surface area is 79.6 Å². The van der Waals surface area contributed by atoms with E-state index in [1.54, 1.807) is 11.4 Å². The van der Waals surface area contributed by atoms with Gasteiger partial charge in [0, 0.05) is 7.05 Å². The van der Waals surface area contributed by atoms with Gasteiger partial charge in [-0.05, 0) is 11.4 Å². The van der Waals surface area contributed by atoms with E-state index in [0.717, 1.165) is 0 Å². The first-order valence-electron chi connectivity index (χ1n) is 3.47. The Balaban J connectivity index is 2.61. The summed E-state index contributed by atoms with van der Waals surface area (Å²) >= 11 is 1.18. The summed E-state index contributed by atoms with van der Waals surface area (Å²) in [4.78, 5) is 3.74. The maximum Gasteiger partial charge on any atom is 0.275 e. The van der Waals surface area contributed by atoms with Crippen LogP contribution in [0.15, 0.2) is 20.6 Å². The molecule has 0 spiro atoms. The van der Waals surface area contributed by atoms with E-state index in [1.165, 1.54) is 18.4 Å². The number of hydrogen-bond acceptors (Lipinski definition) is 4. The number of nitrogens with zero attached hydrogens (tertiary/aromatic N) is 1. The standard InChI is InChI=1S/C6H7N3O2S2/c1-7-6-8-4-2-3-12-5(4)13(10,11)9-6/h2-3H,1H3,(H2,7,8,9). The number of aliphatic imine (C=N–C) groups is 1. The van der Waals surface area contributed by atoms with Crippen LogP contribution in [0.2, 0.25) is 0 Å². The summed E-state index contributed by atoms with van der Waals surface area (Å²) in [5.41, 5.74) is 0.587. The molecule has 13 heavy (non-hydrogen) atoms. The van der Waals surface area contributed by atoms with Crippen LogP contribution >= 0.6 is 11.3 Å². The highest BCUT2D eigenvalue weighted by Gasteiger charge is 2.27. The zero-order chi connectivity index (χ0) is 9.47. The lowest BCUT2D eigenvalue weighted by atomic mass is 10.5. The summed E-state index contributed by atoms with van der Waals surface area (Å²) in [6.45, 7) is 0. The minimum atomic E-state index is -3.38. The molecule has 1 aromatic heterocycles. The molecule has 1 aromatic rings. The van der Waals surface area contributed by atoms with Gasteiger partial charge < -0.3 is 5.32 Å². The molecule has 7 heteroatoms. The zero-order valence-electron chi connectivity index (χ0n) is 6.73. The van der Waals surface area contributed by atoms with Gasteiger partial charge in [-0.2, -0.15) is 0 Å². The molecule has 0 atom stereocenters. The van der Waals surface area contributed by atoms with Gasteiger partial charge in [0.25, 0.3) is 10.0 Å². The molecule has 2 N–H and O–H groups in total. The van der Waals surface area contributed by atoms with Crippen LogP contribution < -0.4 is 10.0 Å². The second-order valence-electron chi connectivity index (χ2n) is 2.42. The van der Waals surface area contributed by atoms with Crippen LogP contribution in [0.3, 0.4) is 0 Å². The van der Waals surface area contributed by atoms with Gasteiger partial charge in [0.15, 0.2) is 4.21 Å². The fraction of sp³-hybridized carbons (Fsp3) is 0.167. The third kappa shape index (κ3) is 1.29. The van der Waals surface area contributed by atoms with E-state index in [4.69, 9.17) is 0 Å². The average molecular weight is 217 g/mol. The number of guanidine groups is 1. The van der Waals surface area contributed by atoms with Crippen LogP contribution in [0.25, 0.3) is 0 Å². The lowest BCUT2D eigenvalue weighted by Gasteiger charge is -2.17. The predicted octanol–water partition coefficient (Wildman–Crippen LogP) is 0.438. The summed E-state index contributed by atoms with van der Waals surface area (Å²) in [5.74, 6) is 0.255. The molecule has 0 aromatic carbocycles. The Morgan fingerprint density at radius 3 is 3.00 bits per heavy atom. The topological polar surface area (TPSA) is 70.6 Å². The van der Waals surface area contributed by atoms with Gasteiger partial charge in [-0.3, -0.25) is 4.99 Å². The Kier molecular flexibility index (Phi) is 1.77. The van der Waals surface area contributed by atoms with Crippen molar-refractivity contribution in [3.05, 3.63) is 11.4 Å². The maximum absolute atomic E-state index is 11.5. The molecule has 0 unspecified atom stereocenters. The molecule has 70 valence electrons. The van der Waals surface area contributed by atoms with Crippen LogP contribution in [0.5, 0.6) is 0 Å². The first-order chi connectivity index (χ1) is 6.13. The van der Waals surface area contributed by atoms with E-state index in [1.807, 2.05) is 0 Å². The Hall–Kier alpha value is -1.08. The molecule has 5 nitrogen and oxygen atoms in total. The van der Waals surface area contributed by atoms with E-state index in [9.17, 15) is 8.42 Å². The largest absolute Gasteiger partial charge is 0.324 e. The van der Waals surface area contributed by atoms with E-state index in [2.05, 4.69) is 15.0 Å². The zero-order valence-corrected chi connectivity index (χ0v) is 8.37. The smallest absolute Gasteiger partial charge is 0.275 e. The molecule has 2 rings (SSSR count). The molecule has 0 amide bonds. The van der Waals surface area contributed by atoms with Gasteiger partial charge in [0.2, 0.25) is 5.96 Å². The maximum atomic E-state index is 11.5. The quantitative estimate of drug-likeness (QED) is 0.662. The van der Waals surface area contributed by atoms with Crippen molar-refractivity contribution in [1.29, 1.82) is 0 Å². The molecule has 1 aliphatic heterocycles.